The van der Waals surface area contributed by atoms with E-state index in [1.807, 2.05) is 4.90 Å². The first kappa shape index (κ1) is 15.6. The molecule has 4 heterocycles. The molecule has 1 amide bonds. The molecule has 1 atom stereocenters. The first-order chi connectivity index (χ1) is 12.3. The molecule has 3 aromatic rings. The van der Waals surface area contributed by atoms with Crippen molar-refractivity contribution in [3.05, 3.63) is 54.5 Å². The van der Waals surface area contributed by atoms with Gasteiger partial charge in [-0.3, -0.25) is 14.8 Å². The van der Waals surface area contributed by atoms with Gasteiger partial charge in [-0.2, -0.15) is 5.10 Å². The molecule has 0 bridgehead atoms. The van der Waals surface area contributed by atoms with E-state index < -0.39 is 0 Å². The zero-order valence-corrected chi connectivity index (χ0v) is 13.7. The van der Waals surface area contributed by atoms with E-state index in [0.717, 1.165) is 18.5 Å². The Bertz CT molecular complexity index is 866. The highest BCUT2D eigenvalue weighted by Crippen LogP contribution is 2.18. The summed E-state index contributed by atoms with van der Waals surface area (Å²) in [7, 11) is 0. The Labute approximate surface area is 144 Å². The Morgan fingerprint density at radius 1 is 1.24 bits per heavy atom. The van der Waals surface area contributed by atoms with Crippen LogP contribution in [0.5, 0.6) is 0 Å². The number of hydrogen-bond acceptors (Lipinski definition) is 6. The van der Waals surface area contributed by atoms with E-state index in [1.54, 1.807) is 47.8 Å². The second-order valence-electron chi connectivity index (χ2n) is 5.91. The van der Waals surface area contributed by atoms with Crippen LogP contribution < -0.4 is 0 Å². The van der Waals surface area contributed by atoms with Crippen LogP contribution in [0.25, 0.3) is 5.65 Å². The lowest BCUT2D eigenvalue weighted by Crippen LogP contribution is -2.48. The third-order valence-corrected chi connectivity index (χ3v) is 4.35. The van der Waals surface area contributed by atoms with Gasteiger partial charge in [-0.25, -0.2) is 9.50 Å². The van der Waals surface area contributed by atoms with E-state index in [-0.39, 0.29) is 11.9 Å². The molecule has 8 heteroatoms. The monoisotopic (exact) mass is 338 g/mol. The molecule has 128 valence electrons. The third kappa shape index (κ3) is 3.20. The fourth-order valence-corrected chi connectivity index (χ4v) is 3.07. The Balaban J connectivity index is 1.53. The lowest BCUT2D eigenvalue weighted by Gasteiger charge is -2.35. The van der Waals surface area contributed by atoms with Gasteiger partial charge in [0.1, 0.15) is 5.56 Å². The molecule has 0 unspecified atom stereocenters. The molecule has 25 heavy (non-hydrogen) atoms. The van der Waals surface area contributed by atoms with Crippen LogP contribution in [0.2, 0.25) is 0 Å². The molecular weight excluding hydrogens is 320 g/mol. The Kier molecular flexibility index (Phi) is 4.34. The largest absolute Gasteiger partial charge is 0.377 e. The van der Waals surface area contributed by atoms with Gasteiger partial charge in [0.15, 0.2) is 5.65 Å². The molecule has 0 radical (unpaired) electrons. The number of morpholine rings is 1. The highest BCUT2D eigenvalue weighted by atomic mass is 16.5. The van der Waals surface area contributed by atoms with Crippen molar-refractivity contribution in [2.75, 3.05) is 19.8 Å². The number of fused-ring (bicyclic) bond motifs is 1. The first-order valence-corrected chi connectivity index (χ1v) is 8.25. The maximum Gasteiger partial charge on any atom is 0.259 e. The summed E-state index contributed by atoms with van der Waals surface area (Å²) in [4.78, 5) is 27.6. The number of rotatable bonds is 4. The van der Waals surface area contributed by atoms with E-state index >= 15 is 0 Å². The van der Waals surface area contributed by atoms with Crippen molar-refractivity contribution in [1.29, 1.82) is 0 Å². The van der Waals surface area contributed by atoms with Crippen LogP contribution in [0.4, 0.5) is 0 Å². The molecule has 4 rings (SSSR count). The summed E-state index contributed by atoms with van der Waals surface area (Å²) in [6.45, 7) is 1.63. The quantitative estimate of drug-likeness (QED) is 0.705. The summed E-state index contributed by atoms with van der Waals surface area (Å²) in [6, 6.07) is 1.79. The zero-order chi connectivity index (χ0) is 17.1. The van der Waals surface area contributed by atoms with Crippen molar-refractivity contribution in [3.63, 3.8) is 0 Å². The van der Waals surface area contributed by atoms with E-state index in [1.165, 1.54) is 0 Å². The summed E-state index contributed by atoms with van der Waals surface area (Å²) in [5.74, 6) is -0.0545. The topological polar surface area (TPSA) is 85.5 Å². The predicted molar refractivity (Wildman–Crippen MR) is 89.0 cm³/mol. The summed E-state index contributed by atoms with van der Waals surface area (Å²) >= 11 is 0. The van der Waals surface area contributed by atoms with E-state index in [9.17, 15) is 4.79 Å². The normalized spacial score (nSPS) is 17.8. The summed E-state index contributed by atoms with van der Waals surface area (Å²) in [5, 5.41) is 4.21. The molecule has 1 saturated heterocycles. The van der Waals surface area contributed by atoms with Crippen LogP contribution in [0.1, 0.15) is 22.5 Å². The molecule has 0 saturated carbocycles. The molecule has 3 aromatic heterocycles. The SMILES string of the molecule is O=C(c1cnn2cccnc12)N1CCOC[C@@H]1CCc1cnccn1. The molecule has 8 nitrogen and oxygen atoms in total. The number of hydrogen-bond donors (Lipinski definition) is 0. The van der Waals surface area contributed by atoms with Crippen molar-refractivity contribution in [2.24, 2.45) is 0 Å². The number of carbonyl (C=O) groups is 1. The van der Waals surface area contributed by atoms with Crippen molar-refractivity contribution >= 4 is 11.6 Å². The van der Waals surface area contributed by atoms with Gasteiger partial charge in [0.25, 0.3) is 5.91 Å². The Morgan fingerprint density at radius 2 is 2.20 bits per heavy atom. The van der Waals surface area contributed by atoms with Crippen LogP contribution in [0.3, 0.4) is 0 Å². The van der Waals surface area contributed by atoms with Gasteiger partial charge in [0.2, 0.25) is 0 Å². The molecular formula is C17H18N6O2. The number of aryl methyl sites for hydroxylation is 1. The van der Waals surface area contributed by atoms with Gasteiger partial charge in [-0.15, -0.1) is 0 Å². The van der Waals surface area contributed by atoms with Crippen LogP contribution in [0.15, 0.2) is 43.2 Å². The van der Waals surface area contributed by atoms with Gasteiger partial charge >= 0.3 is 0 Å². The van der Waals surface area contributed by atoms with E-state index in [4.69, 9.17) is 4.74 Å². The maximum atomic E-state index is 13.0. The predicted octanol–water partition coefficient (Wildman–Crippen LogP) is 0.993. The van der Waals surface area contributed by atoms with Crippen molar-refractivity contribution in [2.45, 2.75) is 18.9 Å². The molecule has 0 N–H and O–H groups in total. The molecule has 1 aliphatic heterocycles. The number of amides is 1. The second kappa shape index (κ2) is 6.94. The van der Waals surface area contributed by atoms with E-state index in [0.29, 0.717) is 31.0 Å². The minimum absolute atomic E-state index is 0.00178. The number of nitrogens with zero attached hydrogens (tertiary/aromatic N) is 6. The minimum Gasteiger partial charge on any atom is -0.377 e. The highest BCUT2D eigenvalue weighted by Gasteiger charge is 2.30. The fraction of sp³-hybridized carbons (Fsp3) is 0.353. The average Bonchev–Trinajstić information content (AvgIpc) is 3.11. The van der Waals surface area contributed by atoms with Crippen LogP contribution in [-0.2, 0) is 11.2 Å². The highest BCUT2D eigenvalue weighted by molar-refractivity contribution is 5.99. The van der Waals surface area contributed by atoms with Gasteiger partial charge in [-0.05, 0) is 18.9 Å². The lowest BCUT2D eigenvalue weighted by atomic mass is 10.1. The molecule has 1 fully saturated rings. The first-order valence-electron chi connectivity index (χ1n) is 8.25. The molecule has 0 aromatic carbocycles. The number of carbonyl (C=O) groups excluding carboxylic acids is 1. The average molecular weight is 338 g/mol. The van der Waals surface area contributed by atoms with Crippen molar-refractivity contribution < 1.29 is 9.53 Å². The van der Waals surface area contributed by atoms with E-state index in [2.05, 4.69) is 20.1 Å². The smallest absolute Gasteiger partial charge is 0.259 e. The van der Waals surface area contributed by atoms with Crippen LogP contribution in [0, 0.1) is 0 Å². The van der Waals surface area contributed by atoms with Crippen LogP contribution in [-0.4, -0.2) is 61.2 Å². The molecule has 0 aliphatic carbocycles. The fourth-order valence-electron chi connectivity index (χ4n) is 3.07. The van der Waals surface area contributed by atoms with Gasteiger partial charge < -0.3 is 9.64 Å². The zero-order valence-electron chi connectivity index (χ0n) is 13.7. The maximum absolute atomic E-state index is 13.0. The summed E-state index contributed by atoms with van der Waals surface area (Å²) in [5.41, 5.74) is 2.01. The Morgan fingerprint density at radius 3 is 3.08 bits per heavy atom. The number of aromatic nitrogens is 5. The molecule has 0 spiro atoms. The molecule has 1 aliphatic rings. The minimum atomic E-state index is -0.0545. The van der Waals surface area contributed by atoms with Gasteiger partial charge in [0.05, 0.1) is 31.1 Å². The van der Waals surface area contributed by atoms with Crippen LogP contribution >= 0.6 is 0 Å². The standard InChI is InChI=1S/C17H18N6O2/c24-17(15-11-21-23-7-1-4-20-16(15)23)22-8-9-25-12-14(22)3-2-13-10-18-5-6-19-13/h1,4-7,10-11,14H,2-3,8-9,12H2/t14-/m0/s1. The van der Waals surface area contributed by atoms with Crippen molar-refractivity contribution in [3.8, 4) is 0 Å². The van der Waals surface area contributed by atoms with Gasteiger partial charge in [0, 0.05) is 37.5 Å². The van der Waals surface area contributed by atoms with Crippen molar-refractivity contribution in [1.82, 2.24) is 29.5 Å². The Hall–Kier alpha value is -2.87. The van der Waals surface area contributed by atoms with Gasteiger partial charge in [-0.1, -0.05) is 0 Å². The lowest BCUT2D eigenvalue weighted by molar-refractivity contribution is -0.00404. The second-order valence-corrected chi connectivity index (χ2v) is 5.91. The third-order valence-electron chi connectivity index (χ3n) is 4.35. The number of ether oxygens (including phenoxy) is 1. The summed E-state index contributed by atoms with van der Waals surface area (Å²) < 4.78 is 7.20. The summed E-state index contributed by atoms with van der Waals surface area (Å²) in [6.07, 6.45) is 11.6.